The molecule has 0 atom stereocenters. The molecular weight excluding hydrogens is 531 g/mol. The monoisotopic (exact) mass is 553 g/mol. The summed E-state index contributed by atoms with van der Waals surface area (Å²) in [5.41, 5.74) is 6.29. The van der Waals surface area contributed by atoms with E-state index in [1.165, 1.54) is 37.3 Å². The van der Waals surface area contributed by atoms with Crippen LogP contribution in [-0.2, 0) is 22.9 Å². The number of nitrogens with zero attached hydrogens (tertiary/aromatic N) is 3. The van der Waals surface area contributed by atoms with Crippen LogP contribution in [-0.4, -0.2) is 35.3 Å². The quantitative estimate of drug-likeness (QED) is 0.443. The first-order chi connectivity index (χ1) is 12.6. The molecule has 0 unspecified atom stereocenters. The number of fused-ring (bicyclic) bond motifs is 1. The van der Waals surface area contributed by atoms with Gasteiger partial charge in [0.25, 0.3) is 0 Å². The van der Waals surface area contributed by atoms with Crippen molar-refractivity contribution in [3.8, 4) is 5.69 Å². The van der Waals surface area contributed by atoms with Gasteiger partial charge in [-0.25, -0.2) is 0 Å². The van der Waals surface area contributed by atoms with Crippen molar-refractivity contribution in [1.82, 2.24) is 8.97 Å². The molecule has 144 valence electrons. The molecule has 0 amide bonds. The van der Waals surface area contributed by atoms with Crippen molar-refractivity contribution >= 4 is 20.5 Å². The summed E-state index contributed by atoms with van der Waals surface area (Å²) in [5, 5.41) is 0. The number of aryl methyl sites for hydroxylation is 3. The molecule has 1 saturated heterocycles. The zero-order valence-corrected chi connectivity index (χ0v) is 18.1. The number of imidazole rings is 1. The van der Waals surface area contributed by atoms with E-state index in [4.69, 9.17) is 13.9 Å². The average Bonchev–Trinajstić information content (AvgIpc) is 2.99. The second-order valence-electron chi connectivity index (χ2n) is 6.78. The first kappa shape index (κ1) is 18.1. The Morgan fingerprint density at radius 1 is 1.04 bits per heavy atom. The van der Waals surface area contributed by atoms with Crippen LogP contribution in [0.2, 0.25) is 0 Å². The van der Waals surface area contributed by atoms with Crippen LogP contribution in [0.4, 0.5) is 5.82 Å². The summed E-state index contributed by atoms with van der Waals surface area (Å²) in [6, 6.07) is 11.0. The topological polar surface area (TPSA) is 21.8 Å². The van der Waals surface area contributed by atoms with Crippen molar-refractivity contribution in [2.24, 2.45) is 0 Å². The van der Waals surface area contributed by atoms with Crippen molar-refractivity contribution < 1.29 is 22.9 Å². The molecule has 4 rings (SSSR count). The summed E-state index contributed by atoms with van der Waals surface area (Å²) in [7, 11) is 6.56. The van der Waals surface area contributed by atoms with Gasteiger partial charge in [-0.05, 0) is 0 Å². The number of aromatic nitrogens is 2. The number of pyridine rings is 1. The van der Waals surface area contributed by atoms with Crippen LogP contribution in [0.15, 0.2) is 36.5 Å². The molecule has 26 heavy (non-hydrogen) atoms. The van der Waals surface area contributed by atoms with Gasteiger partial charge < -0.3 is 0 Å². The third-order valence-electron chi connectivity index (χ3n) is 4.87. The molecule has 1 fully saturated rings. The Hall–Kier alpha value is -1.30. The van der Waals surface area contributed by atoms with Gasteiger partial charge in [0.2, 0.25) is 0 Å². The van der Waals surface area contributed by atoms with Crippen molar-refractivity contribution in [3.63, 3.8) is 0 Å². The fourth-order valence-electron chi connectivity index (χ4n) is 3.88. The van der Waals surface area contributed by atoms with E-state index >= 15 is 0 Å². The van der Waals surface area contributed by atoms with Crippen LogP contribution in [0.1, 0.15) is 16.7 Å². The van der Waals surface area contributed by atoms with E-state index in [-0.39, 0.29) is 0 Å². The van der Waals surface area contributed by atoms with Gasteiger partial charge in [-0.3, -0.25) is 0 Å². The molecule has 0 aliphatic carbocycles. The summed E-state index contributed by atoms with van der Waals surface area (Å²) < 4.78 is 11.3. The van der Waals surface area contributed by atoms with Gasteiger partial charge in [-0.1, -0.05) is 0 Å². The molecular formula is C20H23AuClN3O-2. The Balaban J connectivity index is 1.99. The SMILES string of the molecule is Cc1cc(C)c(-n2cc3cccc(N4CCOCC4)n3[c]2=[Au-2][Cl])c(C)c1. The summed E-state index contributed by atoms with van der Waals surface area (Å²) in [4.78, 5) is 2.40. The van der Waals surface area contributed by atoms with Crippen molar-refractivity contribution in [1.29, 1.82) is 0 Å². The van der Waals surface area contributed by atoms with E-state index in [0.29, 0.717) is 0 Å². The van der Waals surface area contributed by atoms with Gasteiger partial charge in [0.05, 0.1) is 0 Å². The average molecular weight is 554 g/mol. The van der Waals surface area contributed by atoms with E-state index in [0.717, 1.165) is 26.3 Å². The first-order valence-corrected chi connectivity index (χ1v) is 12.5. The number of hydrogen-bond donors (Lipinski definition) is 0. The van der Waals surface area contributed by atoms with E-state index < -0.39 is 18.2 Å². The zero-order valence-electron chi connectivity index (χ0n) is 15.2. The second kappa shape index (κ2) is 7.37. The predicted octanol–water partition coefficient (Wildman–Crippen LogP) is 4.26. The minimum absolute atomic E-state index is 0.510. The molecule has 0 radical (unpaired) electrons. The molecule has 2 aromatic heterocycles. The van der Waals surface area contributed by atoms with Gasteiger partial charge in [-0.2, -0.15) is 0 Å². The maximum absolute atomic E-state index is 6.56. The molecule has 1 aliphatic rings. The summed E-state index contributed by atoms with van der Waals surface area (Å²) >= 11 is -0.510. The molecule has 3 aromatic rings. The Morgan fingerprint density at radius 3 is 2.38 bits per heavy atom. The van der Waals surface area contributed by atoms with Crippen LogP contribution in [0.25, 0.3) is 11.2 Å². The van der Waals surface area contributed by atoms with Gasteiger partial charge in [0.1, 0.15) is 0 Å². The van der Waals surface area contributed by atoms with Crippen LogP contribution >= 0.6 is 9.19 Å². The maximum atomic E-state index is 6.56. The second-order valence-corrected chi connectivity index (χ2v) is 9.09. The van der Waals surface area contributed by atoms with Gasteiger partial charge in [0.15, 0.2) is 0 Å². The standard InChI is InChI=1S/C20H23N3O.Au.ClH/c1-15-11-16(2)20(17(3)12-15)22-13-18-5-4-6-19(23(18)14-22)21-7-9-24-10-8-21;;/h4-6,11-13H,7-10H2,1-3H3;;1H/q;-1;/p-1. The number of morpholine rings is 1. The molecule has 1 aromatic carbocycles. The van der Waals surface area contributed by atoms with Crippen LogP contribution in [0.5, 0.6) is 0 Å². The Morgan fingerprint density at radius 2 is 1.73 bits per heavy atom. The summed E-state index contributed by atoms with van der Waals surface area (Å²) in [6.45, 7) is 9.90. The molecule has 6 heteroatoms. The molecule has 0 saturated carbocycles. The van der Waals surface area contributed by atoms with Crippen LogP contribution in [0, 0.1) is 24.4 Å². The number of ether oxygens (including phenoxy) is 1. The summed E-state index contributed by atoms with van der Waals surface area (Å²) in [5.74, 6) is 1.21. The summed E-state index contributed by atoms with van der Waals surface area (Å²) in [6.07, 6.45) is 2.23. The van der Waals surface area contributed by atoms with E-state index in [1.54, 1.807) is 0 Å². The number of benzene rings is 1. The predicted molar refractivity (Wildman–Crippen MR) is 103 cm³/mol. The molecule has 1 aliphatic heterocycles. The van der Waals surface area contributed by atoms with Crippen molar-refractivity contribution in [2.75, 3.05) is 31.2 Å². The van der Waals surface area contributed by atoms with Crippen molar-refractivity contribution in [2.45, 2.75) is 20.8 Å². The Labute approximate surface area is 166 Å². The fraction of sp³-hybridized carbons (Fsp3) is 0.350. The molecule has 3 heterocycles. The third-order valence-corrected chi connectivity index (χ3v) is 7.08. The van der Waals surface area contributed by atoms with E-state index in [9.17, 15) is 0 Å². The van der Waals surface area contributed by atoms with E-state index in [2.05, 4.69) is 71.2 Å². The van der Waals surface area contributed by atoms with Crippen LogP contribution < -0.4 is 4.90 Å². The normalized spacial score (nSPS) is 16.5. The number of halogens is 1. The number of anilines is 1. The van der Waals surface area contributed by atoms with Gasteiger partial charge in [0, 0.05) is 0 Å². The van der Waals surface area contributed by atoms with Crippen LogP contribution in [0.3, 0.4) is 0 Å². The molecule has 4 nitrogen and oxygen atoms in total. The van der Waals surface area contributed by atoms with Gasteiger partial charge >= 0.3 is 167 Å². The zero-order chi connectivity index (χ0) is 18.3. The Bertz CT molecular complexity index is 1010. The molecule has 0 spiro atoms. The molecule has 0 bridgehead atoms. The van der Waals surface area contributed by atoms with Crippen molar-refractivity contribution in [3.05, 3.63) is 56.8 Å². The van der Waals surface area contributed by atoms with E-state index in [1.807, 2.05) is 0 Å². The third kappa shape index (κ3) is 3.10. The first-order valence-electron chi connectivity index (χ1n) is 8.76. The number of hydrogen-bond acceptors (Lipinski definition) is 2. The fourth-order valence-corrected chi connectivity index (χ4v) is 6.04. The molecule has 0 N–H and O–H groups in total. The Kier molecular flexibility index (Phi) is 5.13. The minimum atomic E-state index is -0.510. The number of rotatable bonds is 2. The van der Waals surface area contributed by atoms with Gasteiger partial charge in [-0.15, -0.1) is 0 Å².